The Kier molecular flexibility index (Phi) is 5.76. The summed E-state index contributed by atoms with van der Waals surface area (Å²) in [6, 6.07) is 1.96. The zero-order chi connectivity index (χ0) is 18.8. The van der Waals surface area contributed by atoms with Gasteiger partial charge in [0.25, 0.3) is 0 Å². The van der Waals surface area contributed by atoms with Crippen LogP contribution in [0.3, 0.4) is 0 Å². The summed E-state index contributed by atoms with van der Waals surface area (Å²) in [5.74, 6) is -0.427. The van der Waals surface area contributed by atoms with Gasteiger partial charge in [-0.15, -0.1) is 0 Å². The van der Waals surface area contributed by atoms with Crippen LogP contribution < -0.4 is 5.32 Å². The van der Waals surface area contributed by atoms with Gasteiger partial charge in [-0.2, -0.15) is 23.4 Å². The number of rotatable bonds is 6. The van der Waals surface area contributed by atoms with Crippen molar-refractivity contribution < 1.29 is 18.0 Å². The van der Waals surface area contributed by atoms with Crippen LogP contribution in [0.2, 0.25) is 5.02 Å². The molecule has 0 aliphatic rings. The Morgan fingerprint density at radius 3 is 2.44 bits per heavy atom. The molecule has 1 N–H and O–H groups in total. The fourth-order valence-corrected chi connectivity index (χ4v) is 2.65. The summed E-state index contributed by atoms with van der Waals surface area (Å²) < 4.78 is 41.1. The molecule has 10 heteroatoms. The smallest absolute Gasteiger partial charge is 0.354 e. The molecule has 0 aliphatic heterocycles. The molecule has 2 aromatic heterocycles. The monoisotopic (exact) mass is 377 g/mol. The molecule has 0 spiro atoms. The third-order valence-corrected chi connectivity index (χ3v) is 4.12. The van der Waals surface area contributed by atoms with E-state index in [4.69, 9.17) is 11.6 Å². The van der Waals surface area contributed by atoms with Crippen molar-refractivity contribution in [3.05, 3.63) is 33.9 Å². The molecule has 0 atom stereocenters. The lowest BCUT2D eigenvalue weighted by Crippen LogP contribution is -2.30. The highest BCUT2D eigenvalue weighted by molar-refractivity contribution is 6.32. The van der Waals surface area contributed by atoms with E-state index in [1.807, 2.05) is 24.6 Å². The summed E-state index contributed by atoms with van der Waals surface area (Å²) in [6.07, 6.45) is -4.00. The predicted molar refractivity (Wildman–Crippen MR) is 86.3 cm³/mol. The van der Waals surface area contributed by atoms with Gasteiger partial charge >= 0.3 is 6.18 Å². The molecule has 6 nitrogen and oxygen atoms in total. The zero-order valence-corrected chi connectivity index (χ0v) is 14.9. The van der Waals surface area contributed by atoms with E-state index < -0.39 is 22.8 Å². The van der Waals surface area contributed by atoms with Crippen molar-refractivity contribution in [1.29, 1.82) is 0 Å². The number of aromatic nitrogens is 4. The molecule has 0 bridgehead atoms. The highest BCUT2D eigenvalue weighted by Crippen LogP contribution is 2.35. The third kappa shape index (κ3) is 4.75. The topological polar surface area (TPSA) is 64.7 Å². The van der Waals surface area contributed by atoms with E-state index in [9.17, 15) is 18.0 Å². The van der Waals surface area contributed by atoms with Gasteiger partial charge < -0.3 is 5.32 Å². The number of hydrogen-bond acceptors (Lipinski definition) is 3. The fourth-order valence-electron chi connectivity index (χ4n) is 2.41. The van der Waals surface area contributed by atoms with Crippen LogP contribution in [0.1, 0.15) is 29.2 Å². The van der Waals surface area contributed by atoms with Gasteiger partial charge in [-0.05, 0) is 33.3 Å². The number of aryl methyl sites for hydroxylation is 3. The Bertz CT molecular complexity index is 766. The van der Waals surface area contributed by atoms with Crippen LogP contribution >= 0.6 is 11.6 Å². The van der Waals surface area contributed by atoms with Crippen molar-refractivity contribution in [2.45, 2.75) is 46.5 Å². The Balaban J connectivity index is 1.85. The van der Waals surface area contributed by atoms with Gasteiger partial charge in [0.1, 0.15) is 6.54 Å². The van der Waals surface area contributed by atoms with Crippen molar-refractivity contribution >= 4 is 17.5 Å². The maximum absolute atomic E-state index is 12.8. The minimum absolute atomic E-state index is 0.104. The van der Waals surface area contributed by atoms with Crippen molar-refractivity contribution in [3.8, 4) is 0 Å². The molecule has 1 amide bonds. The van der Waals surface area contributed by atoms with Crippen LogP contribution in [0.4, 0.5) is 13.2 Å². The second-order valence-electron chi connectivity index (χ2n) is 5.76. The quantitative estimate of drug-likeness (QED) is 0.787. The molecule has 0 fully saturated rings. The summed E-state index contributed by atoms with van der Waals surface area (Å²) in [7, 11) is 0. The molecular formula is C15H19ClF3N5O. The minimum atomic E-state index is -4.65. The molecule has 25 heavy (non-hydrogen) atoms. The van der Waals surface area contributed by atoms with Gasteiger partial charge in [-0.25, -0.2) is 0 Å². The maximum atomic E-state index is 12.8. The van der Waals surface area contributed by atoms with Crippen LogP contribution in [0, 0.1) is 20.8 Å². The second-order valence-corrected chi connectivity index (χ2v) is 6.14. The van der Waals surface area contributed by atoms with Crippen LogP contribution in [0.15, 0.2) is 6.07 Å². The van der Waals surface area contributed by atoms with Crippen molar-refractivity contribution in [2.24, 2.45) is 0 Å². The number of carbonyl (C=O) groups excluding carboxylic acids is 1. The molecule has 0 radical (unpaired) electrons. The van der Waals surface area contributed by atoms with E-state index in [0.29, 0.717) is 19.5 Å². The van der Waals surface area contributed by atoms with Gasteiger partial charge in [0.2, 0.25) is 5.91 Å². The van der Waals surface area contributed by atoms with Crippen LogP contribution in [0.5, 0.6) is 0 Å². The number of nitrogens with one attached hydrogen (secondary N) is 1. The molecular weight excluding hydrogens is 359 g/mol. The first-order valence-corrected chi connectivity index (χ1v) is 8.05. The molecule has 0 aliphatic carbocycles. The molecule has 2 aromatic rings. The van der Waals surface area contributed by atoms with Crippen molar-refractivity contribution in [1.82, 2.24) is 24.9 Å². The minimum Gasteiger partial charge on any atom is -0.354 e. The number of nitrogens with zero attached hydrogens (tertiary/aromatic N) is 4. The first kappa shape index (κ1) is 19.3. The SMILES string of the molecule is Cc1cc(C)n(CCCNC(=O)Cn2nc(C(F)(F)F)c(Cl)c2C)n1. The number of carbonyl (C=O) groups is 1. The predicted octanol–water partition coefficient (Wildman–Crippen LogP) is 2.88. The molecule has 0 unspecified atom stereocenters. The van der Waals surface area contributed by atoms with Crippen molar-refractivity contribution in [3.63, 3.8) is 0 Å². The lowest BCUT2D eigenvalue weighted by molar-refractivity contribution is -0.141. The van der Waals surface area contributed by atoms with Gasteiger partial charge in [-0.1, -0.05) is 11.6 Å². The first-order valence-electron chi connectivity index (χ1n) is 7.67. The van der Waals surface area contributed by atoms with Gasteiger partial charge in [0.15, 0.2) is 5.69 Å². The van der Waals surface area contributed by atoms with E-state index in [0.717, 1.165) is 16.1 Å². The number of hydrogen-bond donors (Lipinski definition) is 1. The summed E-state index contributed by atoms with van der Waals surface area (Å²) in [5, 5.41) is 9.88. The highest BCUT2D eigenvalue weighted by Gasteiger charge is 2.38. The zero-order valence-electron chi connectivity index (χ0n) is 14.1. The van der Waals surface area contributed by atoms with E-state index in [1.165, 1.54) is 6.92 Å². The second kappa shape index (κ2) is 7.47. The average Bonchev–Trinajstić information content (AvgIpc) is 2.96. The van der Waals surface area contributed by atoms with Crippen LogP contribution in [-0.2, 0) is 24.1 Å². The lowest BCUT2D eigenvalue weighted by Gasteiger charge is -2.08. The highest BCUT2D eigenvalue weighted by atomic mass is 35.5. The molecule has 2 rings (SSSR count). The standard InChI is InChI=1S/C15H19ClF3N5O/c1-9-7-10(2)23(21-9)6-4-5-20-12(25)8-24-11(3)13(16)14(22-24)15(17,18)19/h7H,4-6,8H2,1-3H3,(H,20,25). The van der Waals surface area contributed by atoms with Crippen LogP contribution in [-0.4, -0.2) is 32.0 Å². The number of alkyl halides is 3. The number of amides is 1. The number of halogens is 4. The Hall–Kier alpha value is -2.03. The largest absolute Gasteiger partial charge is 0.436 e. The van der Waals surface area contributed by atoms with Crippen LogP contribution in [0.25, 0.3) is 0 Å². The summed E-state index contributed by atoms with van der Waals surface area (Å²) >= 11 is 5.65. The summed E-state index contributed by atoms with van der Waals surface area (Å²) in [5.41, 5.74) is 0.883. The van der Waals surface area contributed by atoms with E-state index >= 15 is 0 Å². The Labute approximate surface area is 147 Å². The van der Waals surface area contributed by atoms with Crippen molar-refractivity contribution in [2.75, 3.05) is 6.54 Å². The molecule has 0 saturated carbocycles. The van der Waals surface area contributed by atoms with E-state index in [2.05, 4.69) is 15.5 Å². The van der Waals surface area contributed by atoms with E-state index in [-0.39, 0.29) is 12.2 Å². The third-order valence-electron chi connectivity index (χ3n) is 3.67. The van der Waals surface area contributed by atoms with E-state index in [1.54, 1.807) is 0 Å². The Morgan fingerprint density at radius 2 is 1.92 bits per heavy atom. The normalized spacial score (nSPS) is 11.8. The first-order chi connectivity index (χ1) is 11.6. The Morgan fingerprint density at radius 1 is 1.24 bits per heavy atom. The van der Waals surface area contributed by atoms with Gasteiger partial charge in [0.05, 0.1) is 16.4 Å². The molecule has 0 aromatic carbocycles. The molecule has 138 valence electrons. The maximum Gasteiger partial charge on any atom is 0.436 e. The van der Waals surface area contributed by atoms with Gasteiger partial charge in [0, 0.05) is 18.8 Å². The summed E-state index contributed by atoms with van der Waals surface area (Å²) in [4.78, 5) is 11.9. The fraction of sp³-hybridized carbons (Fsp3) is 0.533. The molecule has 0 saturated heterocycles. The average molecular weight is 378 g/mol. The van der Waals surface area contributed by atoms with Gasteiger partial charge in [-0.3, -0.25) is 14.2 Å². The molecule has 2 heterocycles. The summed E-state index contributed by atoms with van der Waals surface area (Å²) in [6.45, 7) is 5.95. The lowest BCUT2D eigenvalue weighted by atomic mass is 10.3.